The van der Waals surface area contributed by atoms with E-state index in [4.69, 9.17) is 9.47 Å². The second kappa shape index (κ2) is 12.5. The highest BCUT2D eigenvalue weighted by molar-refractivity contribution is 7.14. The first kappa shape index (κ1) is 27.0. The van der Waals surface area contributed by atoms with E-state index in [2.05, 4.69) is 15.1 Å². The summed E-state index contributed by atoms with van der Waals surface area (Å²) in [5, 5.41) is 3.19. The fraction of sp³-hybridized carbons (Fsp3) is 0.643. The molecule has 4 unspecified atom stereocenters. The third kappa shape index (κ3) is 7.07. The maximum absolute atomic E-state index is 12.2. The van der Waals surface area contributed by atoms with Gasteiger partial charge in [0, 0.05) is 60.0 Å². The molecule has 9 heteroatoms. The smallest absolute Gasteiger partial charge is 0.261 e. The van der Waals surface area contributed by atoms with Crippen LogP contribution in [0.5, 0.6) is 0 Å². The standard InChI is InChI=1S/C15H22N2O2S.C13H17NO2S/c1-11-2-5-14(20-11)15(18)16-12-3-4-13(10-12)17-6-8-19-9-7-17;1-9-2-3-12(17-9)13(15)10-8-11(10)14-4-6-16-7-5-14/h2,5,12-13H,3-4,6-10H2,1H3,(H,16,18);2-3,10-11H,4-8H2,1H3. The monoisotopic (exact) mass is 545 g/mol. The third-order valence-corrected chi connectivity index (χ3v) is 9.87. The Balaban J connectivity index is 0.000000153. The molecule has 4 atom stereocenters. The van der Waals surface area contributed by atoms with Crippen LogP contribution in [0.2, 0.25) is 0 Å². The van der Waals surface area contributed by atoms with E-state index in [-0.39, 0.29) is 11.8 Å². The number of morpholine rings is 2. The van der Waals surface area contributed by atoms with Crippen LogP contribution in [-0.2, 0) is 9.47 Å². The second-order valence-corrected chi connectivity index (χ2v) is 13.1. The quantitative estimate of drug-likeness (QED) is 0.554. The lowest BCUT2D eigenvalue weighted by atomic mass is 10.2. The van der Waals surface area contributed by atoms with Gasteiger partial charge >= 0.3 is 0 Å². The summed E-state index contributed by atoms with van der Waals surface area (Å²) in [5.41, 5.74) is 0. The van der Waals surface area contributed by atoms with Gasteiger partial charge in [-0.2, -0.15) is 0 Å². The highest BCUT2D eigenvalue weighted by Crippen LogP contribution is 2.39. The minimum Gasteiger partial charge on any atom is -0.379 e. The molecule has 7 nitrogen and oxygen atoms in total. The summed E-state index contributed by atoms with van der Waals surface area (Å²) in [4.78, 5) is 33.5. The van der Waals surface area contributed by atoms with Gasteiger partial charge in [-0.05, 0) is 63.8 Å². The average Bonchev–Trinajstić information content (AvgIpc) is 3.20. The zero-order chi connectivity index (χ0) is 25.8. The van der Waals surface area contributed by atoms with Crippen LogP contribution in [0.1, 0.15) is 54.8 Å². The topological polar surface area (TPSA) is 71.1 Å². The van der Waals surface area contributed by atoms with E-state index in [1.54, 1.807) is 22.7 Å². The molecule has 4 heterocycles. The molecular formula is C28H39N3O4S2. The van der Waals surface area contributed by atoms with Crippen LogP contribution in [-0.4, -0.2) is 92.2 Å². The summed E-state index contributed by atoms with van der Waals surface area (Å²) in [6, 6.07) is 9.36. The molecule has 1 amide bonds. The maximum atomic E-state index is 12.2. The van der Waals surface area contributed by atoms with Crippen molar-refractivity contribution < 1.29 is 19.1 Å². The normalized spacial score (nSPS) is 28.4. The van der Waals surface area contributed by atoms with E-state index >= 15 is 0 Å². The van der Waals surface area contributed by atoms with Gasteiger partial charge in [-0.1, -0.05) is 0 Å². The molecule has 202 valence electrons. The minimum atomic E-state index is 0.0933. The molecule has 2 saturated carbocycles. The van der Waals surface area contributed by atoms with Gasteiger partial charge in [0.15, 0.2) is 5.78 Å². The largest absolute Gasteiger partial charge is 0.379 e. The van der Waals surface area contributed by atoms with E-state index in [0.717, 1.165) is 81.6 Å². The fourth-order valence-corrected chi connectivity index (χ4v) is 7.34. The number of amides is 1. The van der Waals surface area contributed by atoms with Crippen molar-refractivity contribution in [1.29, 1.82) is 0 Å². The fourth-order valence-electron chi connectivity index (χ4n) is 5.70. The van der Waals surface area contributed by atoms with Gasteiger partial charge in [0.1, 0.15) is 0 Å². The summed E-state index contributed by atoms with van der Waals surface area (Å²) in [5.74, 6) is 0.682. The Labute approximate surface area is 228 Å². The number of rotatable bonds is 6. The maximum Gasteiger partial charge on any atom is 0.261 e. The summed E-state index contributed by atoms with van der Waals surface area (Å²) in [6.45, 7) is 11.5. The lowest BCUT2D eigenvalue weighted by Crippen LogP contribution is -2.43. The predicted octanol–water partition coefficient (Wildman–Crippen LogP) is 4.00. The van der Waals surface area contributed by atoms with Gasteiger partial charge < -0.3 is 14.8 Å². The first-order chi connectivity index (χ1) is 18.0. The molecule has 2 aliphatic carbocycles. The molecule has 2 saturated heterocycles. The highest BCUT2D eigenvalue weighted by atomic mass is 32.1. The van der Waals surface area contributed by atoms with Gasteiger partial charge in [-0.25, -0.2) is 0 Å². The lowest BCUT2D eigenvalue weighted by molar-refractivity contribution is 0.0175. The Morgan fingerprint density at radius 3 is 2.00 bits per heavy atom. The molecule has 1 N–H and O–H groups in total. The Morgan fingerprint density at radius 1 is 0.811 bits per heavy atom. The van der Waals surface area contributed by atoms with E-state index in [1.807, 2.05) is 38.1 Å². The molecule has 4 aliphatic rings. The number of carbonyl (C=O) groups is 2. The van der Waals surface area contributed by atoms with Gasteiger partial charge in [0.25, 0.3) is 5.91 Å². The van der Waals surface area contributed by atoms with Crippen molar-refractivity contribution in [2.45, 2.75) is 57.7 Å². The second-order valence-electron chi connectivity index (χ2n) is 10.5. The number of thiophene rings is 2. The molecule has 6 rings (SSSR count). The average molecular weight is 546 g/mol. The van der Waals surface area contributed by atoms with Crippen molar-refractivity contribution in [3.05, 3.63) is 43.8 Å². The van der Waals surface area contributed by atoms with Gasteiger partial charge in [0.05, 0.1) is 36.2 Å². The van der Waals surface area contributed by atoms with E-state index in [9.17, 15) is 9.59 Å². The van der Waals surface area contributed by atoms with Crippen LogP contribution < -0.4 is 5.32 Å². The van der Waals surface area contributed by atoms with Crippen molar-refractivity contribution in [3.63, 3.8) is 0 Å². The van der Waals surface area contributed by atoms with Crippen molar-refractivity contribution >= 4 is 34.4 Å². The summed E-state index contributed by atoms with van der Waals surface area (Å²) in [6.07, 6.45) is 4.40. The molecule has 2 aliphatic heterocycles. The van der Waals surface area contributed by atoms with Gasteiger partial charge in [-0.15, -0.1) is 22.7 Å². The minimum absolute atomic E-state index is 0.0933. The first-order valence-corrected chi connectivity index (χ1v) is 15.2. The predicted molar refractivity (Wildman–Crippen MR) is 148 cm³/mol. The molecule has 0 spiro atoms. The van der Waals surface area contributed by atoms with Crippen LogP contribution in [0, 0.1) is 19.8 Å². The molecule has 0 radical (unpaired) electrons. The van der Waals surface area contributed by atoms with Gasteiger partial charge in [0.2, 0.25) is 0 Å². The zero-order valence-corrected chi connectivity index (χ0v) is 23.6. The molecule has 0 bridgehead atoms. The van der Waals surface area contributed by atoms with Crippen molar-refractivity contribution in [2.24, 2.45) is 5.92 Å². The van der Waals surface area contributed by atoms with Crippen molar-refractivity contribution in [3.8, 4) is 0 Å². The van der Waals surface area contributed by atoms with Crippen LogP contribution in [0.3, 0.4) is 0 Å². The Bertz CT molecular complexity index is 1060. The Hall–Kier alpha value is -1.62. The molecule has 2 aromatic rings. The molecule has 0 aromatic carbocycles. The number of hydrogen-bond acceptors (Lipinski definition) is 8. The lowest BCUT2D eigenvalue weighted by Gasteiger charge is -2.32. The number of ketones is 1. The molecule has 2 aromatic heterocycles. The highest BCUT2D eigenvalue weighted by Gasteiger charge is 2.47. The number of carbonyl (C=O) groups excluding carboxylic acids is 2. The zero-order valence-electron chi connectivity index (χ0n) is 21.9. The third-order valence-electron chi connectivity index (χ3n) is 7.86. The Kier molecular flexibility index (Phi) is 9.10. The van der Waals surface area contributed by atoms with Crippen molar-refractivity contribution in [2.75, 3.05) is 52.6 Å². The number of aryl methyl sites for hydroxylation is 2. The van der Waals surface area contributed by atoms with Gasteiger partial charge in [-0.3, -0.25) is 19.4 Å². The van der Waals surface area contributed by atoms with Crippen LogP contribution in [0.4, 0.5) is 0 Å². The molecule has 4 fully saturated rings. The van der Waals surface area contributed by atoms with E-state index in [1.165, 1.54) is 16.2 Å². The molecular weight excluding hydrogens is 506 g/mol. The number of Topliss-reactive ketones (excluding diaryl/α,β-unsaturated/α-hetero) is 1. The van der Waals surface area contributed by atoms with Crippen LogP contribution in [0.25, 0.3) is 0 Å². The number of hydrogen-bond donors (Lipinski definition) is 1. The first-order valence-electron chi connectivity index (χ1n) is 13.6. The number of nitrogens with one attached hydrogen (secondary N) is 1. The Morgan fingerprint density at radius 2 is 1.41 bits per heavy atom. The van der Waals surface area contributed by atoms with Crippen LogP contribution >= 0.6 is 22.7 Å². The van der Waals surface area contributed by atoms with Crippen LogP contribution in [0.15, 0.2) is 24.3 Å². The SMILES string of the molecule is Cc1ccc(C(=O)C2CC2N2CCOCC2)s1.Cc1ccc(C(=O)NC2CCC(N3CCOCC3)C2)s1. The van der Waals surface area contributed by atoms with Crippen molar-refractivity contribution in [1.82, 2.24) is 15.1 Å². The number of nitrogens with zero attached hydrogens (tertiary/aromatic N) is 2. The summed E-state index contributed by atoms with van der Waals surface area (Å²) < 4.78 is 10.7. The molecule has 37 heavy (non-hydrogen) atoms. The summed E-state index contributed by atoms with van der Waals surface area (Å²) in [7, 11) is 0. The van der Waals surface area contributed by atoms with E-state index < -0.39 is 0 Å². The number of ether oxygens (including phenoxy) is 2. The van der Waals surface area contributed by atoms with E-state index in [0.29, 0.717) is 23.9 Å². The summed E-state index contributed by atoms with van der Waals surface area (Å²) >= 11 is 3.19.